The van der Waals surface area contributed by atoms with Crippen LogP contribution in [0, 0.1) is 0 Å². The number of amides is 4. The zero-order valence-electron chi connectivity index (χ0n) is 16.5. The maximum absolute atomic E-state index is 12.9. The molecule has 160 valence electrons. The van der Waals surface area contributed by atoms with Crippen LogP contribution < -0.4 is 15.0 Å². The zero-order valence-corrected chi connectivity index (χ0v) is 18.1. The molecular weight excluding hydrogens is 451 g/mol. The van der Waals surface area contributed by atoms with Crippen LogP contribution in [-0.4, -0.2) is 17.8 Å². The van der Waals surface area contributed by atoms with E-state index in [1.165, 1.54) is 18.2 Å². The molecule has 0 unspecified atom stereocenters. The summed E-state index contributed by atoms with van der Waals surface area (Å²) in [5, 5.41) is 3.28. The van der Waals surface area contributed by atoms with Crippen LogP contribution in [0.4, 0.5) is 10.5 Å². The van der Waals surface area contributed by atoms with Gasteiger partial charge in [-0.1, -0.05) is 47.5 Å². The molecule has 3 aromatic carbocycles. The number of barbiturate groups is 1. The number of rotatable bonds is 5. The van der Waals surface area contributed by atoms with Crippen LogP contribution in [0.1, 0.15) is 11.1 Å². The summed E-state index contributed by atoms with van der Waals surface area (Å²) in [6.45, 7) is 0.347. The summed E-state index contributed by atoms with van der Waals surface area (Å²) in [6.07, 6.45) is 1.42. The van der Waals surface area contributed by atoms with Gasteiger partial charge in [0.1, 0.15) is 17.9 Å². The minimum absolute atomic E-state index is 0.160. The Kier molecular flexibility index (Phi) is 6.25. The molecule has 0 radical (unpaired) electrons. The number of benzene rings is 3. The lowest BCUT2D eigenvalue weighted by atomic mass is 10.1. The Morgan fingerprint density at radius 2 is 1.59 bits per heavy atom. The van der Waals surface area contributed by atoms with Crippen molar-refractivity contribution in [3.8, 4) is 5.75 Å². The number of carbonyl (C=O) groups excluding carboxylic acids is 3. The number of hydrogen-bond donors (Lipinski definition) is 1. The van der Waals surface area contributed by atoms with Crippen molar-refractivity contribution in [3.05, 3.63) is 99.5 Å². The quantitative estimate of drug-likeness (QED) is 0.412. The van der Waals surface area contributed by atoms with Crippen molar-refractivity contribution in [1.82, 2.24) is 5.32 Å². The first kappa shape index (κ1) is 21.6. The highest BCUT2D eigenvalue weighted by Crippen LogP contribution is 2.24. The molecule has 4 amide bonds. The average molecular weight is 467 g/mol. The second kappa shape index (κ2) is 9.26. The Balaban J connectivity index is 1.51. The van der Waals surface area contributed by atoms with E-state index in [1.807, 2.05) is 18.2 Å². The van der Waals surface area contributed by atoms with E-state index in [0.29, 0.717) is 33.7 Å². The molecule has 1 aliphatic rings. The minimum atomic E-state index is -0.816. The van der Waals surface area contributed by atoms with E-state index in [4.69, 9.17) is 27.9 Å². The molecule has 0 saturated carbocycles. The first-order chi connectivity index (χ1) is 15.4. The van der Waals surface area contributed by atoms with Crippen molar-refractivity contribution in [2.45, 2.75) is 6.61 Å². The molecule has 0 atom stereocenters. The zero-order chi connectivity index (χ0) is 22.7. The third-order valence-corrected chi connectivity index (χ3v) is 5.16. The molecule has 6 nitrogen and oxygen atoms in total. The maximum atomic E-state index is 12.9. The van der Waals surface area contributed by atoms with E-state index in [-0.39, 0.29) is 5.57 Å². The lowest BCUT2D eigenvalue weighted by Gasteiger charge is -2.26. The van der Waals surface area contributed by atoms with E-state index in [0.717, 1.165) is 10.5 Å². The van der Waals surface area contributed by atoms with Crippen molar-refractivity contribution >= 4 is 52.8 Å². The van der Waals surface area contributed by atoms with E-state index in [2.05, 4.69) is 5.32 Å². The summed E-state index contributed by atoms with van der Waals surface area (Å²) in [5.74, 6) is -0.863. The van der Waals surface area contributed by atoms with Gasteiger partial charge in [-0.2, -0.15) is 0 Å². The molecule has 1 heterocycles. The van der Waals surface area contributed by atoms with Crippen LogP contribution in [0.5, 0.6) is 5.75 Å². The molecular formula is C24H16Cl2N2O4. The van der Waals surface area contributed by atoms with Gasteiger partial charge in [0.25, 0.3) is 11.8 Å². The van der Waals surface area contributed by atoms with Crippen molar-refractivity contribution in [1.29, 1.82) is 0 Å². The highest BCUT2D eigenvalue weighted by atomic mass is 35.5. The average Bonchev–Trinajstić information content (AvgIpc) is 2.77. The first-order valence-corrected chi connectivity index (χ1v) is 10.3. The molecule has 0 aliphatic carbocycles. The number of urea groups is 1. The van der Waals surface area contributed by atoms with Crippen molar-refractivity contribution < 1.29 is 19.1 Å². The fourth-order valence-corrected chi connectivity index (χ4v) is 3.44. The molecule has 4 rings (SSSR count). The second-order valence-corrected chi connectivity index (χ2v) is 7.79. The van der Waals surface area contributed by atoms with Gasteiger partial charge in [-0.25, -0.2) is 9.69 Å². The number of carbonyl (C=O) groups is 3. The molecule has 0 spiro atoms. The Labute approximate surface area is 194 Å². The lowest BCUT2D eigenvalue weighted by molar-refractivity contribution is -0.122. The van der Waals surface area contributed by atoms with Crippen LogP contribution in [0.2, 0.25) is 10.0 Å². The lowest BCUT2D eigenvalue weighted by Crippen LogP contribution is -2.54. The summed E-state index contributed by atoms with van der Waals surface area (Å²) in [4.78, 5) is 38.3. The number of imide groups is 2. The largest absolute Gasteiger partial charge is 0.489 e. The summed E-state index contributed by atoms with van der Waals surface area (Å²) in [7, 11) is 0. The Morgan fingerprint density at radius 3 is 2.28 bits per heavy atom. The number of nitrogens with zero attached hydrogens (tertiary/aromatic N) is 1. The topological polar surface area (TPSA) is 75.7 Å². The van der Waals surface area contributed by atoms with Crippen LogP contribution >= 0.6 is 23.2 Å². The molecule has 0 bridgehead atoms. The van der Waals surface area contributed by atoms with Gasteiger partial charge in [-0.3, -0.25) is 14.9 Å². The van der Waals surface area contributed by atoms with Crippen molar-refractivity contribution in [2.75, 3.05) is 4.90 Å². The Bertz CT molecular complexity index is 1220. The Hall–Kier alpha value is -3.61. The van der Waals surface area contributed by atoms with Gasteiger partial charge in [0.05, 0.1) is 5.69 Å². The summed E-state index contributed by atoms with van der Waals surface area (Å²) in [6, 6.07) is 19.6. The fourth-order valence-electron chi connectivity index (χ4n) is 3.10. The normalized spacial score (nSPS) is 15.1. The SMILES string of the molecule is O=C1NC(=O)N(c2ccc(Cl)cc2)C(=O)/C1=C/c1ccc(OCc2cccc(Cl)c2)cc1. The smallest absolute Gasteiger partial charge is 0.335 e. The summed E-state index contributed by atoms with van der Waals surface area (Å²) < 4.78 is 5.74. The first-order valence-electron chi connectivity index (χ1n) is 9.55. The summed E-state index contributed by atoms with van der Waals surface area (Å²) >= 11 is 11.9. The van der Waals surface area contributed by atoms with Crippen LogP contribution in [0.3, 0.4) is 0 Å². The predicted octanol–water partition coefficient (Wildman–Crippen LogP) is 5.24. The molecule has 3 aromatic rings. The molecule has 0 aromatic heterocycles. The van der Waals surface area contributed by atoms with Gasteiger partial charge in [0, 0.05) is 10.0 Å². The van der Waals surface area contributed by atoms with E-state index in [9.17, 15) is 14.4 Å². The number of hydrogen-bond acceptors (Lipinski definition) is 4. The summed E-state index contributed by atoms with van der Waals surface area (Å²) in [5.41, 5.74) is 1.68. The van der Waals surface area contributed by atoms with Gasteiger partial charge >= 0.3 is 6.03 Å². The number of anilines is 1. The minimum Gasteiger partial charge on any atom is -0.489 e. The van der Waals surface area contributed by atoms with E-state index >= 15 is 0 Å². The van der Waals surface area contributed by atoms with Gasteiger partial charge in [0.15, 0.2) is 0 Å². The highest BCUT2D eigenvalue weighted by molar-refractivity contribution is 6.39. The number of halogens is 2. The molecule has 1 N–H and O–H groups in total. The molecule has 32 heavy (non-hydrogen) atoms. The Morgan fingerprint density at radius 1 is 0.875 bits per heavy atom. The van der Waals surface area contributed by atoms with Crippen molar-refractivity contribution in [2.24, 2.45) is 0 Å². The third kappa shape index (κ3) is 4.82. The second-order valence-electron chi connectivity index (χ2n) is 6.92. The molecule has 8 heteroatoms. The third-order valence-electron chi connectivity index (χ3n) is 4.67. The van der Waals surface area contributed by atoms with Gasteiger partial charge in [-0.05, 0) is 65.7 Å². The van der Waals surface area contributed by atoms with Crippen molar-refractivity contribution in [3.63, 3.8) is 0 Å². The highest BCUT2D eigenvalue weighted by Gasteiger charge is 2.36. The van der Waals surface area contributed by atoms with Crippen LogP contribution in [0.15, 0.2) is 78.4 Å². The molecule has 1 saturated heterocycles. The van der Waals surface area contributed by atoms with Gasteiger partial charge < -0.3 is 4.74 Å². The number of nitrogens with one attached hydrogen (secondary N) is 1. The maximum Gasteiger partial charge on any atom is 0.335 e. The van der Waals surface area contributed by atoms with Gasteiger partial charge in [-0.15, -0.1) is 0 Å². The van der Waals surface area contributed by atoms with Crippen LogP contribution in [0.25, 0.3) is 6.08 Å². The standard InChI is InChI=1S/C24H16Cl2N2O4/c25-17-6-8-19(9-7-17)28-23(30)21(22(29)27-24(28)31)13-15-4-10-20(11-5-15)32-14-16-2-1-3-18(26)12-16/h1-13H,14H2,(H,27,29,31)/b21-13+. The molecule has 1 fully saturated rings. The number of ether oxygens (including phenoxy) is 1. The van der Waals surface area contributed by atoms with Gasteiger partial charge in [0.2, 0.25) is 0 Å². The van der Waals surface area contributed by atoms with E-state index < -0.39 is 17.8 Å². The van der Waals surface area contributed by atoms with Crippen LogP contribution in [-0.2, 0) is 16.2 Å². The molecule has 1 aliphatic heterocycles. The fraction of sp³-hybridized carbons (Fsp3) is 0.0417. The van der Waals surface area contributed by atoms with E-state index in [1.54, 1.807) is 42.5 Å². The predicted molar refractivity (Wildman–Crippen MR) is 123 cm³/mol. The monoisotopic (exact) mass is 466 g/mol.